The van der Waals surface area contributed by atoms with E-state index < -0.39 is 6.09 Å². The normalized spacial score (nSPS) is 9.50. The van der Waals surface area contributed by atoms with Gasteiger partial charge in [0, 0.05) is 22.1 Å². The molecule has 0 aliphatic heterocycles. The molecule has 0 aliphatic rings. The van der Waals surface area contributed by atoms with E-state index in [0.717, 1.165) is 11.1 Å². The van der Waals surface area contributed by atoms with Gasteiger partial charge in [0.1, 0.15) is 6.61 Å². The molecule has 0 atom stereocenters. The van der Waals surface area contributed by atoms with Crippen LogP contribution >= 0.6 is 22.6 Å². The predicted molar refractivity (Wildman–Crippen MR) is 95.3 cm³/mol. The van der Waals surface area contributed by atoms with Gasteiger partial charge in [0.15, 0.2) is 0 Å². The van der Waals surface area contributed by atoms with Crippen LogP contribution in [0.1, 0.15) is 17.5 Å². The third-order valence-electron chi connectivity index (χ3n) is 2.81. The Labute approximate surface area is 144 Å². The number of hydrogen-bond acceptors (Lipinski definition) is 2. The molecule has 2 aromatic rings. The van der Waals surface area contributed by atoms with Crippen molar-refractivity contribution in [1.29, 1.82) is 0 Å². The number of alkyl carbamates (subject to hydrolysis) is 1. The van der Waals surface area contributed by atoms with Crippen LogP contribution in [0.15, 0.2) is 54.6 Å². The summed E-state index contributed by atoms with van der Waals surface area (Å²) in [5.41, 5.74) is 1.95. The van der Waals surface area contributed by atoms with E-state index in [2.05, 4.69) is 39.7 Å². The molecule has 0 aliphatic carbocycles. The summed E-state index contributed by atoms with van der Waals surface area (Å²) >= 11 is 2.26. The number of hydrogen-bond donors (Lipinski definition) is 1. The van der Waals surface area contributed by atoms with Gasteiger partial charge >= 0.3 is 6.09 Å². The van der Waals surface area contributed by atoms with Crippen molar-refractivity contribution in [3.8, 4) is 11.8 Å². The summed E-state index contributed by atoms with van der Waals surface area (Å²) in [6, 6.07) is 17.6. The molecule has 0 saturated carbocycles. The average Bonchev–Trinajstić information content (AvgIpc) is 2.55. The van der Waals surface area contributed by atoms with Crippen LogP contribution in [0.3, 0.4) is 0 Å². The standard InChI is InChI=1S/C18H16INO2/c19-17-11-9-15(10-12-17)6-4-5-13-20-18(21)22-14-16-7-2-1-3-8-16/h1-3,7-12H,5,13-14H2,(H,20,21). The summed E-state index contributed by atoms with van der Waals surface area (Å²) in [5, 5.41) is 2.68. The molecule has 3 nitrogen and oxygen atoms in total. The van der Waals surface area contributed by atoms with Gasteiger partial charge in [-0.05, 0) is 52.4 Å². The molecule has 0 unspecified atom stereocenters. The summed E-state index contributed by atoms with van der Waals surface area (Å²) in [5.74, 6) is 6.09. The average molecular weight is 405 g/mol. The lowest BCUT2D eigenvalue weighted by atomic mass is 10.2. The Hall–Kier alpha value is -2.00. The molecule has 0 bridgehead atoms. The Morgan fingerprint density at radius 3 is 2.55 bits per heavy atom. The zero-order chi connectivity index (χ0) is 15.6. The van der Waals surface area contributed by atoms with Crippen molar-refractivity contribution in [3.05, 3.63) is 69.3 Å². The molecule has 0 heterocycles. The van der Waals surface area contributed by atoms with Crippen molar-refractivity contribution in [2.24, 2.45) is 0 Å². The first kappa shape index (κ1) is 16.4. The first-order valence-corrected chi connectivity index (χ1v) is 8.01. The van der Waals surface area contributed by atoms with E-state index in [1.165, 1.54) is 3.57 Å². The predicted octanol–water partition coefficient (Wildman–Crippen LogP) is 3.96. The van der Waals surface area contributed by atoms with E-state index in [-0.39, 0.29) is 6.61 Å². The number of amides is 1. The van der Waals surface area contributed by atoms with E-state index in [1.807, 2.05) is 54.6 Å². The van der Waals surface area contributed by atoms with Crippen LogP contribution in [-0.2, 0) is 11.3 Å². The highest BCUT2D eigenvalue weighted by Gasteiger charge is 2.00. The van der Waals surface area contributed by atoms with Gasteiger partial charge in [0.2, 0.25) is 0 Å². The Balaban J connectivity index is 1.64. The second-order valence-corrected chi connectivity index (χ2v) is 5.79. The number of halogens is 1. The Kier molecular flexibility index (Phi) is 6.78. The molecular formula is C18H16INO2. The smallest absolute Gasteiger partial charge is 0.407 e. The fourth-order valence-electron chi connectivity index (χ4n) is 1.70. The number of nitrogens with one attached hydrogen (secondary N) is 1. The summed E-state index contributed by atoms with van der Waals surface area (Å²) in [4.78, 5) is 11.5. The molecule has 0 fully saturated rings. The Morgan fingerprint density at radius 2 is 1.82 bits per heavy atom. The van der Waals surface area contributed by atoms with E-state index in [1.54, 1.807) is 0 Å². The van der Waals surface area contributed by atoms with E-state index in [9.17, 15) is 4.79 Å². The van der Waals surface area contributed by atoms with Crippen molar-refractivity contribution in [1.82, 2.24) is 5.32 Å². The third kappa shape index (κ3) is 6.19. The summed E-state index contributed by atoms with van der Waals surface area (Å²) in [6.07, 6.45) is 0.173. The van der Waals surface area contributed by atoms with Crippen LogP contribution in [0.4, 0.5) is 4.79 Å². The quantitative estimate of drug-likeness (QED) is 0.475. The fraction of sp³-hybridized carbons (Fsp3) is 0.167. The van der Waals surface area contributed by atoms with Gasteiger partial charge in [-0.25, -0.2) is 4.79 Å². The van der Waals surface area contributed by atoms with Crippen LogP contribution < -0.4 is 5.32 Å². The first-order chi connectivity index (χ1) is 10.7. The van der Waals surface area contributed by atoms with Crippen LogP contribution in [-0.4, -0.2) is 12.6 Å². The topological polar surface area (TPSA) is 38.3 Å². The zero-order valence-electron chi connectivity index (χ0n) is 12.0. The van der Waals surface area contributed by atoms with Gasteiger partial charge in [-0.3, -0.25) is 0 Å². The van der Waals surface area contributed by atoms with E-state index in [4.69, 9.17) is 4.74 Å². The molecule has 4 heteroatoms. The zero-order valence-corrected chi connectivity index (χ0v) is 14.2. The van der Waals surface area contributed by atoms with Gasteiger partial charge in [0.05, 0.1) is 0 Å². The van der Waals surface area contributed by atoms with Crippen molar-refractivity contribution in [2.45, 2.75) is 13.0 Å². The van der Waals surface area contributed by atoms with Gasteiger partial charge in [-0.2, -0.15) is 0 Å². The summed E-state index contributed by atoms with van der Waals surface area (Å²) < 4.78 is 6.29. The molecule has 0 saturated heterocycles. The van der Waals surface area contributed by atoms with Gasteiger partial charge < -0.3 is 10.1 Å². The Bertz CT molecular complexity index is 657. The largest absolute Gasteiger partial charge is 0.445 e. The third-order valence-corrected chi connectivity index (χ3v) is 3.53. The Morgan fingerprint density at radius 1 is 1.09 bits per heavy atom. The molecular weight excluding hydrogens is 389 g/mol. The molecule has 0 radical (unpaired) electrons. The van der Waals surface area contributed by atoms with Crippen LogP contribution in [0.25, 0.3) is 0 Å². The SMILES string of the molecule is O=C(NCCC#Cc1ccc(I)cc1)OCc1ccccc1. The van der Waals surface area contributed by atoms with E-state index >= 15 is 0 Å². The van der Waals surface area contributed by atoms with Gasteiger partial charge in [-0.1, -0.05) is 42.2 Å². The van der Waals surface area contributed by atoms with Crippen molar-refractivity contribution in [2.75, 3.05) is 6.54 Å². The van der Waals surface area contributed by atoms with Crippen molar-refractivity contribution < 1.29 is 9.53 Å². The molecule has 112 valence electrons. The lowest BCUT2D eigenvalue weighted by Crippen LogP contribution is -2.24. The second kappa shape index (κ2) is 9.11. The maximum absolute atomic E-state index is 11.5. The number of carbonyl (C=O) groups is 1. The molecule has 0 aromatic heterocycles. The van der Waals surface area contributed by atoms with Crippen molar-refractivity contribution in [3.63, 3.8) is 0 Å². The summed E-state index contributed by atoms with van der Waals surface area (Å²) in [6.45, 7) is 0.756. The van der Waals surface area contributed by atoms with Crippen LogP contribution in [0.2, 0.25) is 0 Å². The molecule has 1 amide bonds. The second-order valence-electron chi connectivity index (χ2n) is 4.55. The number of ether oxygens (including phenoxy) is 1. The van der Waals surface area contributed by atoms with Crippen LogP contribution in [0, 0.1) is 15.4 Å². The first-order valence-electron chi connectivity index (χ1n) is 6.93. The fourth-order valence-corrected chi connectivity index (χ4v) is 2.06. The minimum Gasteiger partial charge on any atom is -0.445 e. The molecule has 2 rings (SSSR count). The van der Waals surface area contributed by atoms with Gasteiger partial charge in [0.25, 0.3) is 0 Å². The monoisotopic (exact) mass is 405 g/mol. The van der Waals surface area contributed by atoms with Gasteiger partial charge in [-0.15, -0.1) is 0 Å². The number of carbonyl (C=O) groups excluding carboxylic acids is 1. The minimum absolute atomic E-state index is 0.279. The maximum Gasteiger partial charge on any atom is 0.407 e. The minimum atomic E-state index is -0.417. The highest BCUT2D eigenvalue weighted by molar-refractivity contribution is 14.1. The lowest BCUT2D eigenvalue weighted by Gasteiger charge is -2.05. The number of rotatable bonds is 4. The molecule has 0 spiro atoms. The number of benzene rings is 2. The summed E-state index contributed by atoms with van der Waals surface area (Å²) in [7, 11) is 0. The molecule has 2 aromatic carbocycles. The highest BCUT2D eigenvalue weighted by Crippen LogP contribution is 2.05. The highest BCUT2D eigenvalue weighted by atomic mass is 127. The lowest BCUT2D eigenvalue weighted by molar-refractivity contribution is 0.140. The van der Waals surface area contributed by atoms with E-state index in [0.29, 0.717) is 13.0 Å². The van der Waals surface area contributed by atoms with Crippen molar-refractivity contribution >= 4 is 28.7 Å². The molecule has 22 heavy (non-hydrogen) atoms. The molecule has 1 N–H and O–H groups in total. The van der Waals surface area contributed by atoms with Crippen LogP contribution in [0.5, 0.6) is 0 Å². The maximum atomic E-state index is 11.5.